The fourth-order valence-electron chi connectivity index (χ4n) is 3.29. The van der Waals surface area contributed by atoms with Crippen LogP contribution in [0.25, 0.3) is 0 Å². The van der Waals surface area contributed by atoms with Gasteiger partial charge in [0.1, 0.15) is 0 Å². The maximum Gasteiger partial charge on any atom is 0.262 e. The van der Waals surface area contributed by atoms with Gasteiger partial charge in [0.15, 0.2) is 18.1 Å². The van der Waals surface area contributed by atoms with Gasteiger partial charge in [-0.3, -0.25) is 9.69 Å². The van der Waals surface area contributed by atoms with Crippen LogP contribution in [0.3, 0.4) is 0 Å². The number of carbonyl (C=O) groups is 1. The number of anilines is 1. The minimum atomic E-state index is -0.214. The van der Waals surface area contributed by atoms with Crippen molar-refractivity contribution in [2.24, 2.45) is 0 Å². The summed E-state index contributed by atoms with van der Waals surface area (Å²) >= 11 is 0. The summed E-state index contributed by atoms with van der Waals surface area (Å²) in [5.74, 6) is 0.959. The Labute approximate surface area is 178 Å². The van der Waals surface area contributed by atoms with Gasteiger partial charge < -0.3 is 24.8 Å². The maximum absolute atomic E-state index is 12.1. The molecule has 0 aliphatic carbocycles. The molecule has 2 aromatic carbocycles. The third kappa shape index (κ3) is 7.33. The third-order valence-corrected chi connectivity index (χ3v) is 4.91. The van der Waals surface area contributed by atoms with Crippen molar-refractivity contribution in [1.29, 1.82) is 0 Å². The molecule has 1 heterocycles. The van der Waals surface area contributed by atoms with Crippen molar-refractivity contribution >= 4 is 11.6 Å². The van der Waals surface area contributed by atoms with Crippen molar-refractivity contribution in [1.82, 2.24) is 10.2 Å². The average molecular weight is 414 g/mol. The minimum absolute atomic E-state index is 0.0790. The number of amides is 1. The molecular weight excluding hydrogens is 382 g/mol. The second-order valence-corrected chi connectivity index (χ2v) is 7.17. The minimum Gasteiger partial charge on any atom is -0.493 e. The first-order chi connectivity index (χ1) is 14.7. The van der Waals surface area contributed by atoms with E-state index in [9.17, 15) is 4.79 Å². The van der Waals surface area contributed by atoms with Gasteiger partial charge in [0.05, 0.1) is 20.3 Å². The second-order valence-electron chi connectivity index (χ2n) is 7.17. The van der Waals surface area contributed by atoms with Gasteiger partial charge in [-0.05, 0) is 49.3 Å². The molecule has 2 N–H and O–H groups in total. The number of hydrogen-bond acceptors (Lipinski definition) is 6. The topological polar surface area (TPSA) is 72.1 Å². The van der Waals surface area contributed by atoms with E-state index in [4.69, 9.17) is 14.2 Å². The molecule has 1 aliphatic rings. The monoisotopic (exact) mass is 413 g/mol. The van der Waals surface area contributed by atoms with Crippen molar-refractivity contribution < 1.29 is 19.0 Å². The zero-order chi connectivity index (χ0) is 21.0. The number of nitrogens with one attached hydrogen (secondary N) is 2. The second kappa shape index (κ2) is 12.2. The van der Waals surface area contributed by atoms with Crippen molar-refractivity contribution in [2.75, 3.05) is 58.4 Å². The predicted molar refractivity (Wildman–Crippen MR) is 117 cm³/mol. The molecule has 0 aromatic heterocycles. The Bertz CT molecular complexity index is 779. The highest BCUT2D eigenvalue weighted by atomic mass is 16.5. The largest absolute Gasteiger partial charge is 0.493 e. The summed E-state index contributed by atoms with van der Waals surface area (Å²) in [6, 6.07) is 15.1. The molecule has 0 radical (unpaired) electrons. The molecule has 7 heteroatoms. The molecule has 0 atom stereocenters. The highest BCUT2D eigenvalue weighted by Crippen LogP contribution is 2.28. The number of rotatable bonds is 11. The fraction of sp³-hybridized carbons (Fsp3) is 0.435. The van der Waals surface area contributed by atoms with Crippen LogP contribution in [-0.2, 0) is 16.1 Å². The van der Waals surface area contributed by atoms with Gasteiger partial charge in [-0.15, -0.1) is 0 Å². The Morgan fingerprint density at radius 2 is 1.90 bits per heavy atom. The molecule has 30 heavy (non-hydrogen) atoms. The molecular formula is C23H31N3O4. The lowest BCUT2D eigenvalue weighted by atomic mass is 10.2. The van der Waals surface area contributed by atoms with Gasteiger partial charge in [-0.1, -0.05) is 24.3 Å². The van der Waals surface area contributed by atoms with Gasteiger partial charge in [0, 0.05) is 25.3 Å². The van der Waals surface area contributed by atoms with E-state index in [-0.39, 0.29) is 12.5 Å². The first kappa shape index (κ1) is 22.1. The maximum atomic E-state index is 12.1. The number of nitrogens with zero attached hydrogens (tertiary/aromatic N) is 1. The van der Waals surface area contributed by atoms with E-state index in [2.05, 4.69) is 15.5 Å². The highest BCUT2D eigenvalue weighted by Gasteiger charge is 2.10. The predicted octanol–water partition coefficient (Wildman–Crippen LogP) is 2.52. The SMILES string of the molecule is COc1cc(CNCCCN2CCOCC2)ccc1OCC(=O)Nc1ccccc1. The van der Waals surface area contributed by atoms with Crippen molar-refractivity contribution in [2.45, 2.75) is 13.0 Å². The van der Waals surface area contributed by atoms with Crippen LogP contribution in [0, 0.1) is 0 Å². The van der Waals surface area contributed by atoms with Crippen molar-refractivity contribution in [3.63, 3.8) is 0 Å². The molecule has 1 saturated heterocycles. The number of carbonyl (C=O) groups excluding carboxylic acids is 1. The highest BCUT2D eigenvalue weighted by molar-refractivity contribution is 5.91. The Kier molecular flexibility index (Phi) is 8.96. The average Bonchev–Trinajstić information content (AvgIpc) is 2.79. The summed E-state index contributed by atoms with van der Waals surface area (Å²) in [4.78, 5) is 14.5. The summed E-state index contributed by atoms with van der Waals surface area (Å²) in [7, 11) is 1.60. The van der Waals surface area contributed by atoms with Crippen LogP contribution in [0.5, 0.6) is 11.5 Å². The van der Waals surface area contributed by atoms with Crippen LogP contribution in [0.4, 0.5) is 5.69 Å². The lowest BCUT2D eigenvalue weighted by Crippen LogP contribution is -2.37. The lowest BCUT2D eigenvalue weighted by molar-refractivity contribution is -0.118. The van der Waals surface area contributed by atoms with Gasteiger partial charge >= 0.3 is 0 Å². The molecule has 3 rings (SSSR count). The Hall–Kier alpha value is -2.61. The number of ether oxygens (including phenoxy) is 3. The number of methoxy groups -OCH3 is 1. The molecule has 7 nitrogen and oxygen atoms in total. The normalized spacial score (nSPS) is 14.3. The molecule has 1 fully saturated rings. The number of para-hydroxylation sites is 1. The van der Waals surface area contributed by atoms with Crippen LogP contribution in [0.2, 0.25) is 0 Å². The lowest BCUT2D eigenvalue weighted by Gasteiger charge is -2.26. The van der Waals surface area contributed by atoms with E-state index in [0.717, 1.165) is 63.6 Å². The quantitative estimate of drug-likeness (QED) is 0.552. The van der Waals surface area contributed by atoms with Gasteiger partial charge in [-0.2, -0.15) is 0 Å². The number of benzene rings is 2. The summed E-state index contributed by atoms with van der Waals surface area (Å²) in [6.45, 7) is 6.48. The van der Waals surface area contributed by atoms with Crippen molar-refractivity contribution in [3.8, 4) is 11.5 Å². The van der Waals surface area contributed by atoms with E-state index in [1.807, 2.05) is 48.5 Å². The number of morpholine rings is 1. The summed E-state index contributed by atoms with van der Waals surface area (Å²) in [6.07, 6.45) is 1.11. The van der Waals surface area contributed by atoms with Crippen LogP contribution >= 0.6 is 0 Å². The van der Waals surface area contributed by atoms with Gasteiger partial charge in [0.2, 0.25) is 0 Å². The molecule has 0 unspecified atom stereocenters. The summed E-state index contributed by atoms with van der Waals surface area (Å²) in [5, 5.41) is 6.27. The smallest absolute Gasteiger partial charge is 0.262 e. The Morgan fingerprint density at radius 3 is 2.67 bits per heavy atom. The zero-order valence-corrected chi connectivity index (χ0v) is 17.6. The molecule has 162 valence electrons. The van der Waals surface area contributed by atoms with Gasteiger partial charge in [0.25, 0.3) is 5.91 Å². The van der Waals surface area contributed by atoms with Crippen LogP contribution < -0.4 is 20.1 Å². The summed E-state index contributed by atoms with van der Waals surface area (Å²) in [5.41, 5.74) is 1.85. The fourth-order valence-corrected chi connectivity index (χ4v) is 3.29. The molecule has 0 saturated carbocycles. The molecule has 0 bridgehead atoms. The third-order valence-electron chi connectivity index (χ3n) is 4.91. The van der Waals surface area contributed by atoms with E-state index in [0.29, 0.717) is 11.5 Å². The Balaban J connectivity index is 1.39. The Morgan fingerprint density at radius 1 is 1.10 bits per heavy atom. The summed E-state index contributed by atoms with van der Waals surface area (Å²) < 4.78 is 16.5. The molecule has 2 aromatic rings. The molecule has 1 aliphatic heterocycles. The first-order valence-corrected chi connectivity index (χ1v) is 10.4. The standard InChI is InChI=1S/C23H31N3O4/c1-28-22-16-19(17-24-10-5-11-26-12-14-29-15-13-26)8-9-21(22)30-18-23(27)25-20-6-3-2-4-7-20/h2-4,6-9,16,24H,5,10-15,17-18H2,1H3,(H,25,27). The van der Waals surface area contributed by atoms with E-state index < -0.39 is 0 Å². The molecule has 0 spiro atoms. The van der Waals surface area contributed by atoms with E-state index in [1.54, 1.807) is 7.11 Å². The van der Waals surface area contributed by atoms with Crippen LogP contribution in [0.1, 0.15) is 12.0 Å². The number of hydrogen-bond donors (Lipinski definition) is 2. The van der Waals surface area contributed by atoms with Crippen LogP contribution in [-0.4, -0.2) is 63.9 Å². The zero-order valence-electron chi connectivity index (χ0n) is 17.6. The first-order valence-electron chi connectivity index (χ1n) is 10.4. The van der Waals surface area contributed by atoms with Gasteiger partial charge in [-0.25, -0.2) is 0 Å². The van der Waals surface area contributed by atoms with E-state index >= 15 is 0 Å². The van der Waals surface area contributed by atoms with Crippen LogP contribution in [0.15, 0.2) is 48.5 Å². The van der Waals surface area contributed by atoms with Crippen molar-refractivity contribution in [3.05, 3.63) is 54.1 Å². The van der Waals surface area contributed by atoms with E-state index in [1.165, 1.54) is 0 Å². The molecule has 1 amide bonds.